The molecule has 1 saturated heterocycles. The molecule has 132 valence electrons. The van der Waals surface area contributed by atoms with Crippen LogP contribution in [0.4, 0.5) is 13.2 Å². The van der Waals surface area contributed by atoms with Crippen LogP contribution in [0.2, 0.25) is 0 Å². The van der Waals surface area contributed by atoms with Crippen LogP contribution in [0.5, 0.6) is 5.75 Å². The lowest BCUT2D eigenvalue weighted by molar-refractivity contribution is -0.274. The van der Waals surface area contributed by atoms with Crippen molar-refractivity contribution in [2.24, 2.45) is 5.92 Å². The molecule has 2 N–H and O–H groups in total. The van der Waals surface area contributed by atoms with Gasteiger partial charge in [-0.1, -0.05) is 0 Å². The first-order chi connectivity index (χ1) is 11.3. The van der Waals surface area contributed by atoms with Crippen molar-refractivity contribution in [2.45, 2.75) is 25.2 Å². The molecule has 2 unspecified atom stereocenters. The summed E-state index contributed by atoms with van der Waals surface area (Å²) in [6.07, 6.45) is -3.51. The Hall–Kier alpha value is -2.29. The van der Waals surface area contributed by atoms with E-state index in [0.29, 0.717) is 19.4 Å². The van der Waals surface area contributed by atoms with Gasteiger partial charge in [-0.2, -0.15) is 0 Å². The Bertz CT molecular complexity index is 582. The van der Waals surface area contributed by atoms with Gasteiger partial charge in [0.25, 0.3) is 5.91 Å². The summed E-state index contributed by atoms with van der Waals surface area (Å²) >= 11 is 0. The average Bonchev–Trinajstić information content (AvgIpc) is 2.52. The van der Waals surface area contributed by atoms with Crippen molar-refractivity contribution in [3.8, 4) is 5.75 Å². The zero-order chi connectivity index (χ0) is 17.7. The van der Waals surface area contributed by atoms with Crippen LogP contribution in [0.25, 0.3) is 0 Å². The number of amides is 1. The minimum Gasteiger partial charge on any atom is -0.480 e. The van der Waals surface area contributed by atoms with E-state index < -0.39 is 30.0 Å². The third kappa shape index (κ3) is 5.12. The van der Waals surface area contributed by atoms with Crippen LogP contribution in [0.1, 0.15) is 23.2 Å². The summed E-state index contributed by atoms with van der Waals surface area (Å²) in [4.78, 5) is 23.5. The fourth-order valence-electron chi connectivity index (χ4n) is 2.44. The third-order valence-corrected chi connectivity index (χ3v) is 3.57. The number of carbonyl (C=O) groups is 2. The quantitative estimate of drug-likeness (QED) is 0.853. The second-order valence-corrected chi connectivity index (χ2v) is 5.34. The van der Waals surface area contributed by atoms with Crippen molar-refractivity contribution in [1.29, 1.82) is 0 Å². The molecule has 1 aromatic carbocycles. The summed E-state index contributed by atoms with van der Waals surface area (Å²) < 4.78 is 45.2. The highest BCUT2D eigenvalue weighted by Gasteiger charge is 2.32. The van der Waals surface area contributed by atoms with E-state index >= 15 is 0 Å². The number of halogens is 3. The van der Waals surface area contributed by atoms with E-state index in [1.54, 1.807) is 0 Å². The topological polar surface area (TPSA) is 84.9 Å². The molecule has 0 saturated carbocycles. The number of hydrogen-bond donors (Lipinski definition) is 2. The Labute approximate surface area is 135 Å². The fourth-order valence-corrected chi connectivity index (χ4v) is 2.44. The molecule has 1 fully saturated rings. The smallest absolute Gasteiger partial charge is 0.480 e. The van der Waals surface area contributed by atoms with Crippen molar-refractivity contribution in [2.75, 3.05) is 13.2 Å². The molecule has 2 rings (SSSR count). The molecular formula is C15H16F3NO5. The van der Waals surface area contributed by atoms with Crippen LogP contribution in [0, 0.1) is 5.92 Å². The van der Waals surface area contributed by atoms with Crippen LogP contribution in [0.3, 0.4) is 0 Å². The van der Waals surface area contributed by atoms with Gasteiger partial charge in [0, 0.05) is 18.1 Å². The normalized spacial score (nSPS) is 19.4. The summed E-state index contributed by atoms with van der Waals surface area (Å²) in [6, 6.07) is 3.12. The molecule has 0 aliphatic carbocycles. The molecule has 24 heavy (non-hydrogen) atoms. The SMILES string of the molecule is O=C(NC(C(=O)O)C1CCCOC1)c1ccc(OC(F)(F)F)cc1. The maximum absolute atomic E-state index is 12.1. The number of hydrogen-bond acceptors (Lipinski definition) is 4. The van der Waals surface area contributed by atoms with Crippen molar-refractivity contribution in [3.63, 3.8) is 0 Å². The summed E-state index contributed by atoms with van der Waals surface area (Å²) in [5, 5.41) is 11.7. The first kappa shape index (κ1) is 18.1. The average molecular weight is 347 g/mol. The molecule has 0 spiro atoms. The lowest BCUT2D eigenvalue weighted by atomic mass is 9.93. The number of nitrogens with one attached hydrogen (secondary N) is 1. The number of aliphatic carboxylic acids is 1. The van der Waals surface area contributed by atoms with Gasteiger partial charge in [-0.05, 0) is 37.1 Å². The van der Waals surface area contributed by atoms with E-state index in [2.05, 4.69) is 10.1 Å². The van der Waals surface area contributed by atoms with Gasteiger partial charge in [0.1, 0.15) is 11.8 Å². The number of benzene rings is 1. The second-order valence-electron chi connectivity index (χ2n) is 5.34. The standard InChI is InChI=1S/C15H16F3NO5/c16-15(17,18)24-11-5-3-9(4-6-11)13(20)19-12(14(21)22)10-2-1-7-23-8-10/h3-6,10,12H,1-2,7-8H2,(H,19,20)(H,21,22). The highest BCUT2D eigenvalue weighted by Crippen LogP contribution is 2.23. The lowest BCUT2D eigenvalue weighted by Crippen LogP contribution is -2.48. The van der Waals surface area contributed by atoms with Gasteiger partial charge in [0.2, 0.25) is 0 Å². The maximum atomic E-state index is 12.1. The maximum Gasteiger partial charge on any atom is 0.573 e. The fraction of sp³-hybridized carbons (Fsp3) is 0.467. The van der Waals surface area contributed by atoms with Gasteiger partial charge in [-0.25, -0.2) is 4.79 Å². The number of rotatable bonds is 5. The van der Waals surface area contributed by atoms with E-state index in [9.17, 15) is 27.9 Å². The van der Waals surface area contributed by atoms with Crippen molar-refractivity contribution < 1.29 is 37.3 Å². The zero-order valence-corrected chi connectivity index (χ0v) is 12.5. The minimum atomic E-state index is -4.82. The highest BCUT2D eigenvalue weighted by atomic mass is 19.4. The predicted octanol–water partition coefficient (Wildman–Crippen LogP) is 2.19. The van der Waals surface area contributed by atoms with Crippen LogP contribution < -0.4 is 10.1 Å². The summed E-state index contributed by atoms with van der Waals surface area (Å²) in [6.45, 7) is 0.785. The predicted molar refractivity (Wildman–Crippen MR) is 75.6 cm³/mol. The van der Waals surface area contributed by atoms with Gasteiger partial charge >= 0.3 is 12.3 Å². The number of carboxylic acid groups (broad SMARTS) is 1. The van der Waals surface area contributed by atoms with E-state index in [-0.39, 0.29) is 18.1 Å². The van der Waals surface area contributed by atoms with E-state index in [0.717, 1.165) is 24.3 Å². The number of carbonyl (C=O) groups excluding carboxylic acids is 1. The van der Waals surface area contributed by atoms with Gasteiger partial charge in [0.15, 0.2) is 0 Å². The molecule has 0 radical (unpaired) electrons. The largest absolute Gasteiger partial charge is 0.573 e. The number of carboxylic acids is 1. The van der Waals surface area contributed by atoms with Gasteiger partial charge < -0.3 is 19.9 Å². The molecule has 0 aromatic heterocycles. The molecule has 1 aromatic rings. The second kappa shape index (κ2) is 7.52. The molecule has 0 bridgehead atoms. The van der Waals surface area contributed by atoms with Crippen LogP contribution in [-0.2, 0) is 9.53 Å². The first-order valence-corrected chi connectivity index (χ1v) is 7.23. The zero-order valence-electron chi connectivity index (χ0n) is 12.5. The molecular weight excluding hydrogens is 331 g/mol. The lowest BCUT2D eigenvalue weighted by Gasteiger charge is -2.28. The molecule has 1 heterocycles. The van der Waals surface area contributed by atoms with Crippen molar-refractivity contribution in [1.82, 2.24) is 5.32 Å². The van der Waals surface area contributed by atoms with Crippen LogP contribution in [-0.4, -0.2) is 42.6 Å². The molecule has 1 aliphatic rings. The Morgan fingerprint density at radius 2 is 1.96 bits per heavy atom. The van der Waals surface area contributed by atoms with Gasteiger partial charge in [0.05, 0.1) is 6.61 Å². The van der Waals surface area contributed by atoms with Gasteiger partial charge in [-0.15, -0.1) is 13.2 Å². The summed E-state index contributed by atoms with van der Waals surface area (Å²) in [5.74, 6) is -2.69. The Morgan fingerprint density at radius 1 is 1.29 bits per heavy atom. The van der Waals surface area contributed by atoms with Crippen LogP contribution >= 0.6 is 0 Å². The van der Waals surface area contributed by atoms with E-state index in [4.69, 9.17) is 4.74 Å². The van der Waals surface area contributed by atoms with Crippen LogP contribution in [0.15, 0.2) is 24.3 Å². The monoisotopic (exact) mass is 347 g/mol. The van der Waals surface area contributed by atoms with Gasteiger partial charge in [-0.3, -0.25) is 4.79 Å². The Kier molecular flexibility index (Phi) is 5.66. The molecule has 2 atom stereocenters. The Balaban J connectivity index is 2.02. The number of alkyl halides is 3. The number of ether oxygens (including phenoxy) is 2. The van der Waals surface area contributed by atoms with Crippen molar-refractivity contribution >= 4 is 11.9 Å². The van der Waals surface area contributed by atoms with Crippen molar-refractivity contribution in [3.05, 3.63) is 29.8 Å². The molecule has 1 amide bonds. The first-order valence-electron chi connectivity index (χ1n) is 7.23. The van der Waals surface area contributed by atoms with E-state index in [1.165, 1.54) is 0 Å². The summed E-state index contributed by atoms with van der Waals surface area (Å²) in [5.41, 5.74) is 0.0347. The molecule has 6 nitrogen and oxygen atoms in total. The molecule has 9 heteroatoms. The third-order valence-electron chi connectivity index (χ3n) is 3.57. The van der Waals surface area contributed by atoms with E-state index in [1.807, 2.05) is 0 Å². The highest BCUT2D eigenvalue weighted by molar-refractivity contribution is 5.96. The Morgan fingerprint density at radius 3 is 2.46 bits per heavy atom. The minimum absolute atomic E-state index is 0.0347. The summed E-state index contributed by atoms with van der Waals surface area (Å²) in [7, 11) is 0. The molecule has 1 aliphatic heterocycles.